The Morgan fingerprint density at radius 1 is 1.04 bits per heavy atom. The summed E-state index contributed by atoms with van der Waals surface area (Å²) in [7, 11) is 3.19. The largest absolute Gasteiger partial charge is 0.497 e. The van der Waals surface area contributed by atoms with Gasteiger partial charge in [0.1, 0.15) is 18.1 Å². The summed E-state index contributed by atoms with van der Waals surface area (Å²) in [5.74, 6) is 0.920. The molecule has 28 heavy (non-hydrogen) atoms. The predicted molar refractivity (Wildman–Crippen MR) is 109 cm³/mol. The van der Waals surface area contributed by atoms with E-state index in [0.29, 0.717) is 23.5 Å². The molecule has 0 heterocycles. The highest BCUT2D eigenvalue weighted by Gasteiger charge is 2.12. The summed E-state index contributed by atoms with van der Waals surface area (Å²) in [5.41, 5.74) is 7.78. The molecule has 0 spiro atoms. The lowest BCUT2D eigenvalue weighted by Crippen LogP contribution is -2.14. The maximum atomic E-state index is 12.0. The first kappa shape index (κ1) is 19.2. The van der Waals surface area contributed by atoms with Crippen molar-refractivity contribution in [3.8, 4) is 11.5 Å². The van der Waals surface area contributed by atoms with Crippen LogP contribution in [-0.4, -0.2) is 26.3 Å². The van der Waals surface area contributed by atoms with E-state index >= 15 is 0 Å². The highest BCUT2D eigenvalue weighted by atomic mass is 16.6. The third-order valence-corrected chi connectivity index (χ3v) is 4.44. The van der Waals surface area contributed by atoms with Crippen molar-refractivity contribution in [1.82, 2.24) is 0 Å². The van der Waals surface area contributed by atoms with Crippen LogP contribution in [0.1, 0.15) is 21.5 Å². The van der Waals surface area contributed by atoms with Gasteiger partial charge < -0.3 is 20.0 Å². The van der Waals surface area contributed by atoms with Gasteiger partial charge in [0.25, 0.3) is 0 Å². The molecule has 0 atom stereocenters. The van der Waals surface area contributed by atoms with Crippen LogP contribution < -0.4 is 15.2 Å². The number of hydrogen-bond donors (Lipinski definition) is 1. The first-order valence-electron chi connectivity index (χ1n) is 8.79. The van der Waals surface area contributed by atoms with Crippen LogP contribution >= 0.6 is 0 Å². The molecule has 0 bridgehead atoms. The zero-order chi connectivity index (χ0) is 19.9. The fourth-order valence-electron chi connectivity index (χ4n) is 3.04. The third-order valence-electron chi connectivity index (χ3n) is 4.44. The topological polar surface area (TPSA) is 83.1 Å². The lowest BCUT2D eigenvalue weighted by molar-refractivity contribution is 0.100. The van der Waals surface area contributed by atoms with Gasteiger partial charge in [0.05, 0.1) is 19.8 Å². The Hall–Kier alpha value is -3.54. The maximum Gasteiger partial charge on any atom is 0.249 e. The van der Waals surface area contributed by atoms with Gasteiger partial charge in [-0.3, -0.25) is 4.79 Å². The van der Waals surface area contributed by atoms with Gasteiger partial charge in [0.15, 0.2) is 0 Å². The number of carbonyl (C=O) groups excluding carboxylic acids is 1. The Morgan fingerprint density at radius 3 is 2.57 bits per heavy atom. The highest BCUT2D eigenvalue weighted by molar-refractivity contribution is 6.08. The van der Waals surface area contributed by atoms with Gasteiger partial charge in [-0.1, -0.05) is 41.6 Å². The average Bonchev–Trinajstić information content (AvgIpc) is 2.72. The van der Waals surface area contributed by atoms with E-state index in [1.807, 2.05) is 48.5 Å². The van der Waals surface area contributed by atoms with Crippen LogP contribution in [0.3, 0.4) is 0 Å². The second kappa shape index (κ2) is 8.90. The number of nitrogens with two attached hydrogens (primary N) is 1. The fraction of sp³-hybridized carbons (Fsp3) is 0.182. The molecular formula is C22H22N2O4. The second-order valence-corrected chi connectivity index (χ2v) is 6.13. The molecule has 2 N–H and O–H groups in total. The highest BCUT2D eigenvalue weighted by Crippen LogP contribution is 2.25. The molecule has 0 saturated heterocycles. The van der Waals surface area contributed by atoms with Crippen LogP contribution in [0, 0.1) is 0 Å². The second-order valence-electron chi connectivity index (χ2n) is 6.13. The Morgan fingerprint density at radius 2 is 1.82 bits per heavy atom. The van der Waals surface area contributed by atoms with Crippen molar-refractivity contribution in [2.24, 2.45) is 10.9 Å². The number of oxime groups is 1. The summed E-state index contributed by atoms with van der Waals surface area (Å²) in [5, 5.41) is 5.81. The molecule has 0 fully saturated rings. The van der Waals surface area contributed by atoms with Gasteiger partial charge in [0.2, 0.25) is 5.91 Å². The van der Waals surface area contributed by atoms with Crippen molar-refractivity contribution in [3.05, 3.63) is 71.3 Å². The molecule has 3 aromatic rings. The van der Waals surface area contributed by atoms with E-state index < -0.39 is 5.91 Å². The molecular weight excluding hydrogens is 356 g/mol. The number of benzene rings is 3. The Labute approximate surface area is 163 Å². The van der Waals surface area contributed by atoms with E-state index in [-0.39, 0.29) is 6.61 Å². The monoisotopic (exact) mass is 378 g/mol. The first-order chi connectivity index (χ1) is 13.6. The number of fused-ring (bicyclic) bond motifs is 1. The lowest BCUT2D eigenvalue weighted by atomic mass is 9.97. The Kier molecular flexibility index (Phi) is 6.11. The van der Waals surface area contributed by atoms with E-state index in [1.165, 1.54) is 0 Å². The number of hydrogen-bond acceptors (Lipinski definition) is 5. The van der Waals surface area contributed by atoms with E-state index in [0.717, 1.165) is 21.9 Å². The van der Waals surface area contributed by atoms with Crippen LogP contribution in [-0.2, 0) is 17.9 Å². The summed E-state index contributed by atoms with van der Waals surface area (Å²) in [4.78, 5) is 17.3. The molecule has 0 radical (unpaired) electrons. The molecule has 0 unspecified atom stereocenters. The molecule has 0 aliphatic carbocycles. The minimum absolute atomic E-state index is 0.254. The summed E-state index contributed by atoms with van der Waals surface area (Å²) in [6.45, 7) is 0.254. The van der Waals surface area contributed by atoms with E-state index in [4.69, 9.17) is 20.0 Å². The smallest absolute Gasteiger partial charge is 0.249 e. The fourth-order valence-corrected chi connectivity index (χ4v) is 3.04. The molecule has 1 amide bonds. The average molecular weight is 378 g/mol. The van der Waals surface area contributed by atoms with Gasteiger partial charge in [-0.15, -0.1) is 0 Å². The minimum atomic E-state index is -0.455. The number of primary amides is 1. The number of methoxy groups -OCH3 is 2. The zero-order valence-corrected chi connectivity index (χ0v) is 15.8. The number of rotatable bonds is 8. The summed E-state index contributed by atoms with van der Waals surface area (Å²) in [6, 6.07) is 17.0. The van der Waals surface area contributed by atoms with Crippen LogP contribution in [0.5, 0.6) is 11.5 Å². The molecule has 0 aliphatic heterocycles. The molecule has 144 valence electrons. The van der Waals surface area contributed by atoms with Gasteiger partial charge >= 0.3 is 0 Å². The molecule has 0 aliphatic rings. The summed E-state index contributed by atoms with van der Waals surface area (Å²) in [6.07, 6.45) is 2.05. The molecule has 0 saturated carbocycles. The van der Waals surface area contributed by atoms with Crippen LogP contribution in [0.15, 0.2) is 59.8 Å². The first-order valence-corrected chi connectivity index (χ1v) is 8.79. The van der Waals surface area contributed by atoms with Crippen molar-refractivity contribution in [2.45, 2.75) is 13.0 Å². The van der Waals surface area contributed by atoms with Gasteiger partial charge in [-0.2, -0.15) is 0 Å². The SMILES string of the molecule is COc1ccc(CON=CCc2ccc3ccccc3c2C(N)=O)c(OC)c1. The predicted octanol–water partition coefficient (Wildman–Crippen LogP) is 3.70. The van der Waals surface area contributed by atoms with Crippen molar-refractivity contribution in [1.29, 1.82) is 0 Å². The number of carbonyl (C=O) groups is 1. The van der Waals surface area contributed by atoms with Gasteiger partial charge in [0, 0.05) is 24.3 Å². The normalized spacial score (nSPS) is 10.9. The molecule has 6 nitrogen and oxygen atoms in total. The molecule has 3 rings (SSSR count). The third kappa shape index (κ3) is 4.23. The van der Waals surface area contributed by atoms with Gasteiger partial charge in [-0.25, -0.2) is 0 Å². The summed E-state index contributed by atoms with van der Waals surface area (Å²) < 4.78 is 10.5. The lowest BCUT2D eigenvalue weighted by Gasteiger charge is -2.10. The van der Waals surface area contributed by atoms with Crippen molar-refractivity contribution in [3.63, 3.8) is 0 Å². The maximum absolute atomic E-state index is 12.0. The quantitative estimate of drug-likeness (QED) is 0.478. The van der Waals surface area contributed by atoms with Crippen LogP contribution in [0.2, 0.25) is 0 Å². The number of nitrogens with zero attached hydrogens (tertiary/aromatic N) is 1. The van der Waals surface area contributed by atoms with Crippen molar-refractivity contribution in [2.75, 3.05) is 14.2 Å². The van der Waals surface area contributed by atoms with Crippen molar-refractivity contribution < 1.29 is 19.1 Å². The van der Waals surface area contributed by atoms with Crippen LogP contribution in [0.25, 0.3) is 10.8 Å². The Balaban J connectivity index is 1.69. The van der Waals surface area contributed by atoms with Gasteiger partial charge in [-0.05, 0) is 28.5 Å². The molecule has 0 aromatic heterocycles. The Bertz CT molecular complexity index is 1010. The summed E-state index contributed by atoms with van der Waals surface area (Å²) >= 11 is 0. The van der Waals surface area contributed by atoms with Crippen molar-refractivity contribution >= 4 is 22.9 Å². The standard InChI is InChI=1S/C22H22N2O4/c1-26-18-10-9-17(20(13-18)27-2)14-28-24-12-11-16-8-7-15-5-3-4-6-19(15)21(16)22(23)25/h3-10,12-13H,11,14H2,1-2H3,(H2,23,25). The number of amides is 1. The van der Waals surface area contributed by atoms with E-state index in [9.17, 15) is 4.79 Å². The van der Waals surface area contributed by atoms with Crippen LogP contribution in [0.4, 0.5) is 0 Å². The van der Waals surface area contributed by atoms with E-state index in [1.54, 1.807) is 26.5 Å². The molecule has 3 aromatic carbocycles. The number of ether oxygens (including phenoxy) is 2. The minimum Gasteiger partial charge on any atom is -0.497 e. The van der Waals surface area contributed by atoms with E-state index in [2.05, 4.69) is 5.16 Å². The zero-order valence-electron chi connectivity index (χ0n) is 15.8. The molecule has 6 heteroatoms.